The summed E-state index contributed by atoms with van der Waals surface area (Å²) in [6.07, 6.45) is 2.06. The Labute approximate surface area is 109 Å². The van der Waals surface area contributed by atoms with Gasteiger partial charge in [-0.15, -0.1) is 0 Å². The summed E-state index contributed by atoms with van der Waals surface area (Å²) < 4.78 is 11.1. The quantitative estimate of drug-likeness (QED) is 0.843. The zero-order valence-corrected chi connectivity index (χ0v) is 11.3. The molecule has 1 aromatic carbocycles. The second-order valence-electron chi connectivity index (χ2n) is 5.22. The summed E-state index contributed by atoms with van der Waals surface area (Å²) >= 11 is 0. The van der Waals surface area contributed by atoms with E-state index >= 15 is 0 Å². The predicted molar refractivity (Wildman–Crippen MR) is 72.7 cm³/mol. The first-order valence-corrected chi connectivity index (χ1v) is 6.75. The van der Waals surface area contributed by atoms with E-state index in [9.17, 15) is 0 Å². The summed E-state index contributed by atoms with van der Waals surface area (Å²) in [6, 6.07) is 8.25. The molecule has 1 atom stereocenters. The first-order valence-electron chi connectivity index (χ1n) is 6.75. The van der Waals surface area contributed by atoms with Crippen LogP contribution in [0.25, 0.3) is 0 Å². The van der Waals surface area contributed by atoms with Crippen molar-refractivity contribution in [2.75, 3.05) is 19.8 Å². The minimum atomic E-state index is 0.126. The van der Waals surface area contributed by atoms with Crippen LogP contribution in [0.2, 0.25) is 0 Å². The Balaban J connectivity index is 1.90. The number of ether oxygens (including phenoxy) is 2. The highest BCUT2D eigenvalue weighted by atomic mass is 16.5. The Morgan fingerprint density at radius 1 is 1.28 bits per heavy atom. The molecule has 0 spiro atoms. The average molecular weight is 249 g/mol. The molecule has 1 aliphatic heterocycles. The minimum absolute atomic E-state index is 0.126. The van der Waals surface area contributed by atoms with Gasteiger partial charge in [0.05, 0.1) is 25.2 Å². The summed E-state index contributed by atoms with van der Waals surface area (Å²) in [7, 11) is 0. The maximum Gasteiger partial charge on any atom is 0.119 e. The van der Waals surface area contributed by atoms with Crippen LogP contribution in [-0.2, 0) is 4.74 Å². The van der Waals surface area contributed by atoms with E-state index in [0.29, 0.717) is 0 Å². The monoisotopic (exact) mass is 249 g/mol. The van der Waals surface area contributed by atoms with Crippen LogP contribution in [0.15, 0.2) is 24.3 Å². The summed E-state index contributed by atoms with van der Waals surface area (Å²) in [5.41, 5.74) is 7.39. The van der Waals surface area contributed by atoms with Gasteiger partial charge in [0.15, 0.2) is 0 Å². The fourth-order valence-electron chi connectivity index (χ4n) is 2.06. The molecule has 0 radical (unpaired) electrons. The average Bonchev–Trinajstić information content (AvgIpc) is 2.38. The SMILES string of the molecule is CCC(N)c1ccc(OCC2(CC)COC2)cc1. The molecule has 1 unspecified atom stereocenters. The van der Waals surface area contributed by atoms with Crippen LogP contribution in [-0.4, -0.2) is 19.8 Å². The fraction of sp³-hybridized carbons (Fsp3) is 0.600. The molecular formula is C15H23NO2. The summed E-state index contributed by atoms with van der Waals surface area (Å²) in [5, 5.41) is 0. The van der Waals surface area contributed by atoms with Crippen molar-refractivity contribution < 1.29 is 9.47 Å². The topological polar surface area (TPSA) is 44.5 Å². The largest absolute Gasteiger partial charge is 0.493 e. The lowest BCUT2D eigenvalue weighted by Gasteiger charge is -2.40. The number of hydrogen-bond donors (Lipinski definition) is 1. The summed E-state index contributed by atoms with van der Waals surface area (Å²) in [5.74, 6) is 0.918. The maximum atomic E-state index is 5.98. The Bertz CT molecular complexity index is 365. The van der Waals surface area contributed by atoms with Gasteiger partial charge in [0.25, 0.3) is 0 Å². The molecule has 0 bridgehead atoms. The van der Waals surface area contributed by atoms with Gasteiger partial charge in [-0.3, -0.25) is 0 Å². The molecule has 1 aromatic rings. The second kappa shape index (κ2) is 5.72. The van der Waals surface area contributed by atoms with Gasteiger partial charge in [0.1, 0.15) is 5.75 Å². The zero-order valence-electron chi connectivity index (χ0n) is 11.3. The maximum absolute atomic E-state index is 5.98. The normalized spacial score (nSPS) is 19.1. The molecule has 0 aromatic heterocycles. The standard InChI is InChI=1S/C15H23NO2/c1-3-14(16)12-5-7-13(8-6-12)18-11-15(4-2)9-17-10-15/h5-8,14H,3-4,9-11,16H2,1-2H3. The smallest absolute Gasteiger partial charge is 0.119 e. The highest BCUT2D eigenvalue weighted by Gasteiger charge is 2.37. The summed E-state index contributed by atoms with van der Waals surface area (Å²) in [6.45, 7) is 6.67. The van der Waals surface area contributed by atoms with E-state index in [2.05, 4.69) is 26.0 Å². The first kappa shape index (κ1) is 13.4. The van der Waals surface area contributed by atoms with Crippen molar-refractivity contribution >= 4 is 0 Å². The van der Waals surface area contributed by atoms with E-state index in [1.807, 2.05) is 12.1 Å². The van der Waals surface area contributed by atoms with Gasteiger partial charge in [-0.1, -0.05) is 26.0 Å². The van der Waals surface area contributed by atoms with Crippen molar-refractivity contribution in [2.24, 2.45) is 11.1 Å². The third-order valence-electron chi connectivity index (χ3n) is 3.86. The van der Waals surface area contributed by atoms with Gasteiger partial charge < -0.3 is 15.2 Å². The Hall–Kier alpha value is -1.06. The van der Waals surface area contributed by atoms with E-state index in [-0.39, 0.29) is 11.5 Å². The van der Waals surface area contributed by atoms with Gasteiger partial charge in [-0.25, -0.2) is 0 Å². The van der Waals surface area contributed by atoms with Crippen molar-refractivity contribution in [2.45, 2.75) is 32.7 Å². The molecule has 3 heteroatoms. The first-order chi connectivity index (χ1) is 8.69. The molecule has 0 saturated carbocycles. The lowest BCUT2D eigenvalue weighted by atomic mass is 9.84. The van der Waals surface area contributed by atoms with Crippen molar-refractivity contribution in [3.8, 4) is 5.75 Å². The number of nitrogens with two attached hydrogens (primary N) is 1. The molecule has 1 saturated heterocycles. The molecule has 3 nitrogen and oxygen atoms in total. The fourth-order valence-corrected chi connectivity index (χ4v) is 2.06. The van der Waals surface area contributed by atoms with Crippen LogP contribution in [0, 0.1) is 5.41 Å². The lowest BCUT2D eigenvalue weighted by Crippen LogP contribution is -2.46. The van der Waals surface area contributed by atoms with Crippen LogP contribution < -0.4 is 10.5 Å². The third kappa shape index (κ3) is 2.85. The van der Waals surface area contributed by atoms with Crippen LogP contribution in [0.5, 0.6) is 5.75 Å². The van der Waals surface area contributed by atoms with Crippen LogP contribution in [0.1, 0.15) is 38.3 Å². The van der Waals surface area contributed by atoms with Crippen molar-refractivity contribution in [3.05, 3.63) is 29.8 Å². The zero-order chi connectivity index (χ0) is 13.0. The van der Waals surface area contributed by atoms with Gasteiger partial charge in [0, 0.05) is 6.04 Å². The molecule has 1 aliphatic rings. The lowest BCUT2D eigenvalue weighted by molar-refractivity contribution is -0.133. The molecule has 100 valence electrons. The number of rotatable bonds is 6. The van der Waals surface area contributed by atoms with E-state index < -0.39 is 0 Å². The second-order valence-corrected chi connectivity index (χ2v) is 5.22. The molecule has 1 fully saturated rings. The van der Waals surface area contributed by atoms with Gasteiger partial charge >= 0.3 is 0 Å². The number of hydrogen-bond acceptors (Lipinski definition) is 3. The Morgan fingerprint density at radius 2 is 1.94 bits per heavy atom. The van der Waals surface area contributed by atoms with Gasteiger partial charge in [0.2, 0.25) is 0 Å². The van der Waals surface area contributed by atoms with Crippen molar-refractivity contribution in [1.29, 1.82) is 0 Å². The van der Waals surface area contributed by atoms with Crippen LogP contribution >= 0.6 is 0 Å². The van der Waals surface area contributed by atoms with Gasteiger partial charge in [-0.2, -0.15) is 0 Å². The number of benzene rings is 1. The van der Waals surface area contributed by atoms with E-state index in [1.165, 1.54) is 5.56 Å². The van der Waals surface area contributed by atoms with Crippen molar-refractivity contribution in [1.82, 2.24) is 0 Å². The third-order valence-corrected chi connectivity index (χ3v) is 3.86. The van der Waals surface area contributed by atoms with E-state index in [4.69, 9.17) is 15.2 Å². The Morgan fingerprint density at radius 3 is 2.39 bits per heavy atom. The van der Waals surface area contributed by atoms with Crippen molar-refractivity contribution in [3.63, 3.8) is 0 Å². The minimum Gasteiger partial charge on any atom is -0.493 e. The molecule has 2 N–H and O–H groups in total. The highest BCUT2D eigenvalue weighted by Crippen LogP contribution is 2.32. The molecule has 0 aliphatic carbocycles. The molecule has 0 amide bonds. The van der Waals surface area contributed by atoms with E-state index in [0.717, 1.165) is 38.4 Å². The van der Waals surface area contributed by atoms with Crippen LogP contribution in [0.3, 0.4) is 0 Å². The highest BCUT2D eigenvalue weighted by molar-refractivity contribution is 5.29. The summed E-state index contributed by atoms with van der Waals surface area (Å²) in [4.78, 5) is 0. The van der Waals surface area contributed by atoms with Gasteiger partial charge in [-0.05, 0) is 30.5 Å². The molecular weight excluding hydrogens is 226 g/mol. The Kier molecular flexibility index (Phi) is 4.25. The molecule has 18 heavy (non-hydrogen) atoms. The molecule has 1 heterocycles. The van der Waals surface area contributed by atoms with Crippen LogP contribution in [0.4, 0.5) is 0 Å². The molecule has 2 rings (SSSR count). The predicted octanol–water partition coefficient (Wildman–Crippen LogP) is 2.90. The van der Waals surface area contributed by atoms with E-state index in [1.54, 1.807) is 0 Å².